The van der Waals surface area contributed by atoms with Gasteiger partial charge in [-0.05, 0) is 12.1 Å². The number of rotatable bonds is 3. The van der Waals surface area contributed by atoms with E-state index in [1.165, 1.54) is 17.5 Å². The molecule has 0 bridgehead atoms. The Balaban J connectivity index is 0. The molecule has 0 aromatic heterocycles. The second-order valence-corrected chi connectivity index (χ2v) is 2.43. The number of hydrazine groups is 1. The van der Waals surface area contributed by atoms with Crippen molar-refractivity contribution in [2.24, 2.45) is 11.6 Å². The molecule has 1 rings (SSSR count). The number of nitrogens with two attached hydrogens (primary N) is 2. The summed E-state index contributed by atoms with van der Waals surface area (Å²) in [6.45, 7) is 0. The number of para-hydroxylation sites is 1. The predicted octanol–water partition coefficient (Wildman–Crippen LogP) is -2.90. The number of allylic oxidation sites excluding steroid dienone is 1. The Morgan fingerprint density at radius 2 is 1.87 bits per heavy atom. The third kappa shape index (κ3) is 5.25. The van der Waals surface area contributed by atoms with Crippen LogP contribution < -0.4 is 35.4 Å². The van der Waals surface area contributed by atoms with E-state index >= 15 is 0 Å². The van der Waals surface area contributed by atoms with Crippen molar-refractivity contribution in [3.63, 3.8) is 0 Å². The van der Waals surface area contributed by atoms with Gasteiger partial charge >= 0.3 is 18.9 Å². The molecule has 0 saturated heterocycles. The molecule has 0 atom stereocenters. The van der Waals surface area contributed by atoms with E-state index in [9.17, 15) is 4.79 Å². The Bertz CT molecular complexity index is 316. The van der Waals surface area contributed by atoms with E-state index in [1.54, 1.807) is 12.1 Å². The van der Waals surface area contributed by atoms with Gasteiger partial charge in [0.15, 0.2) is 0 Å². The fraction of sp³-hybridized carbons (Fsp3) is 0. The Morgan fingerprint density at radius 1 is 1.33 bits per heavy atom. The van der Waals surface area contributed by atoms with Crippen LogP contribution in [0.3, 0.4) is 0 Å². The van der Waals surface area contributed by atoms with Gasteiger partial charge in [-0.3, -0.25) is 5.84 Å². The summed E-state index contributed by atoms with van der Waals surface area (Å²) in [5.74, 6) is 5.57. The molecule has 0 saturated carbocycles. The summed E-state index contributed by atoms with van der Waals surface area (Å²) in [5.41, 5.74) is 5.94. The summed E-state index contributed by atoms with van der Waals surface area (Å²) in [4.78, 5) is 10.1. The van der Waals surface area contributed by atoms with Gasteiger partial charge in [-0.25, -0.2) is 0 Å². The maximum Gasteiger partial charge on any atom is 1.00 e. The molecule has 0 aliphatic carbocycles. The molecule has 76 valence electrons. The van der Waals surface area contributed by atoms with E-state index in [0.29, 0.717) is 0 Å². The summed E-state index contributed by atoms with van der Waals surface area (Å²) in [7, 11) is 0. The molecule has 0 spiro atoms. The number of hydrogen-bond acceptors (Lipinski definition) is 5. The summed E-state index contributed by atoms with van der Waals surface area (Å²) < 4.78 is 0. The van der Waals surface area contributed by atoms with Crippen LogP contribution in [0.4, 0.5) is 5.69 Å². The Morgan fingerprint density at radius 3 is 2.33 bits per heavy atom. The number of benzene rings is 1. The van der Waals surface area contributed by atoms with Crippen LogP contribution in [0.15, 0.2) is 42.2 Å². The third-order valence-corrected chi connectivity index (χ3v) is 1.45. The number of nitrogens with zero attached hydrogens (tertiary/aromatic N) is 1. The maximum atomic E-state index is 10.1. The zero-order valence-electron chi connectivity index (χ0n) is 8.42. The SMILES string of the molecule is N/C([C-]=O)=C\N(N)c1ccccc1.[Li+].[OH-]. The average Bonchev–Trinajstić information content (AvgIpc) is 2.19. The normalized spacial score (nSPS) is 9.53. The van der Waals surface area contributed by atoms with Gasteiger partial charge < -0.3 is 21.0 Å². The summed E-state index contributed by atoms with van der Waals surface area (Å²) >= 11 is 0. The molecule has 0 radical (unpaired) electrons. The van der Waals surface area contributed by atoms with Crippen molar-refractivity contribution in [3.05, 3.63) is 42.2 Å². The molecule has 0 amide bonds. The van der Waals surface area contributed by atoms with Crippen molar-refractivity contribution in [2.75, 3.05) is 5.01 Å². The standard InChI is InChI=1S/C9H10N3O.Li.H2O/c10-8(7-13)6-12(11)9-4-2-1-3-5-9;;/h1-6H,10-11H2;;1H2/q-1;+1;/p-1/b8-6-;;. The minimum Gasteiger partial charge on any atom is -0.870 e. The molecule has 0 aliphatic rings. The Kier molecular flexibility index (Phi) is 8.73. The van der Waals surface area contributed by atoms with E-state index in [-0.39, 0.29) is 30.0 Å². The van der Waals surface area contributed by atoms with Crippen molar-refractivity contribution < 1.29 is 29.1 Å². The van der Waals surface area contributed by atoms with Crippen LogP contribution in [0, 0.1) is 0 Å². The molecule has 1 aromatic carbocycles. The van der Waals surface area contributed by atoms with Gasteiger partial charge in [0.25, 0.3) is 0 Å². The Labute approximate surface area is 100 Å². The van der Waals surface area contributed by atoms with Crippen LogP contribution in [0.5, 0.6) is 0 Å². The molecule has 1 aromatic rings. The Hall–Kier alpha value is -1.25. The molecule has 0 heterocycles. The van der Waals surface area contributed by atoms with Crippen LogP contribution >= 0.6 is 0 Å². The minimum absolute atomic E-state index is 0. The second-order valence-electron chi connectivity index (χ2n) is 2.43. The van der Waals surface area contributed by atoms with Crippen molar-refractivity contribution in [1.82, 2.24) is 0 Å². The molecule has 6 heteroatoms. The molecular formula is C9H11LiN3O2-. The average molecular weight is 200 g/mol. The van der Waals surface area contributed by atoms with Crippen LogP contribution in [-0.4, -0.2) is 11.8 Å². The zero-order chi connectivity index (χ0) is 9.68. The summed E-state index contributed by atoms with van der Waals surface area (Å²) in [6.07, 6.45) is 2.84. The molecule has 0 unspecified atom stereocenters. The first kappa shape index (κ1) is 16.2. The number of carbonyl (C=O) groups excluding carboxylic acids is 1. The maximum absolute atomic E-state index is 10.1. The van der Waals surface area contributed by atoms with Crippen molar-refractivity contribution >= 4 is 12.0 Å². The van der Waals surface area contributed by atoms with Gasteiger partial charge in [0.2, 0.25) is 0 Å². The van der Waals surface area contributed by atoms with Gasteiger partial charge in [-0.1, -0.05) is 23.9 Å². The smallest absolute Gasteiger partial charge is 0.870 e. The first-order valence-corrected chi connectivity index (χ1v) is 3.68. The third-order valence-electron chi connectivity index (χ3n) is 1.45. The second kappa shape index (κ2) is 8.09. The molecule has 0 aliphatic heterocycles. The number of hydrogen-bond donors (Lipinski definition) is 2. The first-order valence-electron chi connectivity index (χ1n) is 3.68. The fourth-order valence-corrected chi connectivity index (χ4v) is 0.851. The van der Waals surface area contributed by atoms with Crippen LogP contribution in [-0.2, 0) is 4.79 Å². The predicted molar refractivity (Wildman–Crippen MR) is 53.0 cm³/mol. The quantitative estimate of drug-likeness (QED) is 0.179. The van der Waals surface area contributed by atoms with Gasteiger partial charge in [0.05, 0.1) is 0 Å². The molecule has 0 fully saturated rings. The molecular weight excluding hydrogens is 189 g/mol. The van der Waals surface area contributed by atoms with Crippen LogP contribution in [0.2, 0.25) is 0 Å². The topological polar surface area (TPSA) is 102 Å². The van der Waals surface area contributed by atoms with E-state index in [0.717, 1.165) is 5.69 Å². The largest absolute Gasteiger partial charge is 1.00 e. The van der Waals surface area contributed by atoms with Gasteiger partial charge in [0.1, 0.15) is 0 Å². The molecule has 15 heavy (non-hydrogen) atoms. The zero-order valence-corrected chi connectivity index (χ0v) is 8.42. The number of anilines is 1. The first-order chi connectivity index (χ1) is 6.24. The summed E-state index contributed by atoms with van der Waals surface area (Å²) in [5, 5.41) is 1.26. The van der Waals surface area contributed by atoms with Gasteiger partial charge in [-0.2, -0.15) is 0 Å². The molecule has 5 nitrogen and oxygen atoms in total. The molecule has 5 N–H and O–H groups in total. The van der Waals surface area contributed by atoms with Gasteiger partial charge in [-0.15, -0.1) is 6.20 Å². The van der Waals surface area contributed by atoms with Crippen molar-refractivity contribution in [3.8, 4) is 0 Å². The van der Waals surface area contributed by atoms with Crippen LogP contribution in [0.1, 0.15) is 0 Å². The van der Waals surface area contributed by atoms with Crippen molar-refractivity contribution in [2.45, 2.75) is 0 Å². The summed E-state index contributed by atoms with van der Waals surface area (Å²) in [6, 6.07) is 9.15. The van der Waals surface area contributed by atoms with Gasteiger partial charge in [0, 0.05) is 12.0 Å². The van der Waals surface area contributed by atoms with E-state index in [2.05, 4.69) is 0 Å². The fourth-order valence-electron chi connectivity index (χ4n) is 0.851. The van der Waals surface area contributed by atoms with Crippen molar-refractivity contribution in [1.29, 1.82) is 0 Å². The monoisotopic (exact) mass is 200 g/mol. The van der Waals surface area contributed by atoms with E-state index in [1.807, 2.05) is 18.2 Å². The van der Waals surface area contributed by atoms with E-state index < -0.39 is 0 Å². The minimum atomic E-state index is -0.0358. The van der Waals surface area contributed by atoms with E-state index in [4.69, 9.17) is 11.6 Å². The van der Waals surface area contributed by atoms with Crippen LogP contribution in [0.25, 0.3) is 0 Å².